The van der Waals surface area contributed by atoms with Crippen molar-refractivity contribution in [1.82, 2.24) is 30.1 Å². The second kappa shape index (κ2) is 6.45. The summed E-state index contributed by atoms with van der Waals surface area (Å²) in [4.78, 5) is 7.20. The summed E-state index contributed by atoms with van der Waals surface area (Å²) in [5.74, 6) is 0.878. The van der Waals surface area contributed by atoms with E-state index in [9.17, 15) is 0 Å². The van der Waals surface area contributed by atoms with Gasteiger partial charge in [0, 0.05) is 19.8 Å². The zero-order valence-corrected chi connectivity index (χ0v) is 16.0. The Kier molecular flexibility index (Phi) is 3.90. The predicted octanol–water partition coefficient (Wildman–Crippen LogP) is 2.55. The summed E-state index contributed by atoms with van der Waals surface area (Å²) >= 11 is 0. The van der Waals surface area contributed by atoms with E-state index < -0.39 is 0 Å². The summed E-state index contributed by atoms with van der Waals surface area (Å²) in [5.41, 5.74) is 5.74. The van der Waals surface area contributed by atoms with Crippen LogP contribution in [0.25, 0.3) is 33.7 Å². The van der Waals surface area contributed by atoms with Gasteiger partial charge in [-0.2, -0.15) is 10.2 Å². The highest BCUT2D eigenvalue weighted by atomic mass is 16.5. The number of hydrogen-bond donors (Lipinski definition) is 1. The molecule has 1 atom stereocenters. The van der Waals surface area contributed by atoms with Crippen molar-refractivity contribution >= 4 is 16.9 Å². The molecule has 5 heterocycles. The molecule has 0 radical (unpaired) electrons. The molecule has 9 nitrogen and oxygen atoms in total. The fraction of sp³-hybridized carbons (Fsp3) is 0.368. The number of hydrogen-bond acceptors (Lipinski definition) is 7. The van der Waals surface area contributed by atoms with E-state index in [2.05, 4.69) is 38.3 Å². The summed E-state index contributed by atoms with van der Waals surface area (Å²) in [6.07, 6.45) is 3.54. The molecule has 1 fully saturated rings. The Hall–Kier alpha value is -3.20. The molecular weight excluding hydrogens is 358 g/mol. The Balaban J connectivity index is 1.78. The van der Waals surface area contributed by atoms with Crippen molar-refractivity contribution < 1.29 is 9.26 Å². The maximum Gasteiger partial charge on any atom is 0.195 e. The number of aromatic nitrogens is 6. The molecule has 5 rings (SSSR count). The molecule has 0 saturated carbocycles. The number of nitrogens with zero attached hydrogens (tertiary/aromatic N) is 6. The van der Waals surface area contributed by atoms with Crippen LogP contribution in [0.5, 0.6) is 0 Å². The first-order chi connectivity index (χ1) is 13.6. The van der Waals surface area contributed by atoms with Crippen molar-refractivity contribution in [2.24, 2.45) is 7.05 Å². The minimum absolute atomic E-state index is 0.231. The topological polar surface area (TPSA) is 97.9 Å². The molecule has 0 aliphatic carbocycles. The van der Waals surface area contributed by atoms with E-state index in [-0.39, 0.29) is 6.04 Å². The molecule has 1 aliphatic heterocycles. The average molecular weight is 379 g/mol. The molecule has 1 saturated heterocycles. The molecule has 28 heavy (non-hydrogen) atoms. The normalized spacial score (nSPS) is 17.5. The SMILES string of the molecule is Cc1cnn(C)c1-c1cc(N2CCOC[C@H]2C)nc2c(-c3ccn[nH]3)noc12. The highest BCUT2D eigenvalue weighted by Crippen LogP contribution is 2.37. The van der Waals surface area contributed by atoms with Crippen LogP contribution in [-0.4, -0.2) is 55.9 Å². The number of H-pyrrole nitrogens is 1. The molecule has 0 bridgehead atoms. The first-order valence-electron chi connectivity index (χ1n) is 9.27. The van der Waals surface area contributed by atoms with E-state index in [1.54, 1.807) is 6.20 Å². The van der Waals surface area contributed by atoms with Crippen LogP contribution >= 0.6 is 0 Å². The average Bonchev–Trinajstić information content (AvgIpc) is 3.42. The van der Waals surface area contributed by atoms with Crippen molar-refractivity contribution in [2.45, 2.75) is 19.9 Å². The number of ether oxygens (including phenoxy) is 1. The molecule has 4 aromatic heterocycles. The van der Waals surface area contributed by atoms with Crippen LogP contribution in [0.1, 0.15) is 12.5 Å². The zero-order chi connectivity index (χ0) is 19.3. The van der Waals surface area contributed by atoms with Crippen molar-refractivity contribution in [3.63, 3.8) is 0 Å². The number of pyridine rings is 1. The van der Waals surface area contributed by atoms with Gasteiger partial charge in [-0.1, -0.05) is 5.16 Å². The number of anilines is 1. The molecule has 144 valence electrons. The van der Waals surface area contributed by atoms with Gasteiger partial charge in [0.1, 0.15) is 11.3 Å². The van der Waals surface area contributed by atoms with Gasteiger partial charge >= 0.3 is 0 Å². The van der Waals surface area contributed by atoms with Gasteiger partial charge < -0.3 is 14.2 Å². The van der Waals surface area contributed by atoms with E-state index in [0.29, 0.717) is 30.0 Å². The zero-order valence-electron chi connectivity index (χ0n) is 16.0. The lowest BCUT2D eigenvalue weighted by Crippen LogP contribution is -2.44. The van der Waals surface area contributed by atoms with Crippen molar-refractivity contribution in [2.75, 3.05) is 24.7 Å². The maximum absolute atomic E-state index is 5.76. The fourth-order valence-corrected chi connectivity index (χ4v) is 3.80. The number of morpholine rings is 1. The molecular formula is C19H21N7O2. The molecule has 1 aliphatic rings. The van der Waals surface area contributed by atoms with Gasteiger partial charge in [0.15, 0.2) is 11.3 Å². The minimum atomic E-state index is 0.231. The Labute approximate surface area is 161 Å². The molecule has 4 aromatic rings. The minimum Gasteiger partial charge on any atom is -0.377 e. The Morgan fingerprint density at radius 1 is 1.32 bits per heavy atom. The van der Waals surface area contributed by atoms with Crippen LogP contribution in [0.3, 0.4) is 0 Å². The molecule has 0 spiro atoms. The third-order valence-corrected chi connectivity index (χ3v) is 5.21. The van der Waals surface area contributed by atoms with Crippen LogP contribution in [0.15, 0.2) is 29.0 Å². The standard InChI is InChI=1S/C19H21N7O2/c1-11-9-21-25(3)18(11)13-8-15(26-6-7-27-10-12(26)2)22-17-16(24-28-19(13)17)14-4-5-20-23-14/h4-5,8-9,12H,6-7,10H2,1-3H3,(H,20,23)/t12-/m1/s1. The van der Waals surface area contributed by atoms with E-state index in [1.165, 1.54) is 0 Å². The van der Waals surface area contributed by atoms with E-state index in [4.69, 9.17) is 14.2 Å². The number of nitrogens with one attached hydrogen (secondary N) is 1. The Bertz CT molecular complexity index is 1110. The van der Waals surface area contributed by atoms with Crippen LogP contribution in [-0.2, 0) is 11.8 Å². The Morgan fingerprint density at radius 2 is 2.21 bits per heavy atom. The smallest absolute Gasteiger partial charge is 0.195 e. The van der Waals surface area contributed by atoms with Crippen LogP contribution in [0.2, 0.25) is 0 Å². The highest BCUT2D eigenvalue weighted by molar-refractivity contribution is 5.98. The molecule has 0 aromatic carbocycles. The number of fused-ring (bicyclic) bond motifs is 1. The van der Waals surface area contributed by atoms with Gasteiger partial charge in [-0.05, 0) is 31.5 Å². The van der Waals surface area contributed by atoms with E-state index >= 15 is 0 Å². The summed E-state index contributed by atoms with van der Waals surface area (Å²) in [6, 6.07) is 4.16. The van der Waals surface area contributed by atoms with Crippen molar-refractivity contribution in [1.29, 1.82) is 0 Å². The first kappa shape index (κ1) is 16.9. The van der Waals surface area contributed by atoms with E-state index in [0.717, 1.165) is 34.9 Å². The number of rotatable bonds is 3. The second-order valence-corrected chi connectivity index (χ2v) is 7.12. The quantitative estimate of drug-likeness (QED) is 0.584. The van der Waals surface area contributed by atoms with Gasteiger partial charge in [0.05, 0.1) is 42.4 Å². The van der Waals surface area contributed by atoms with Gasteiger partial charge in [-0.15, -0.1) is 0 Å². The summed E-state index contributed by atoms with van der Waals surface area (Å²) in [6.45, 7) is 6.33. The van der Waals surface area contributed by atoms with Gasteiger partial charge in [0.25, 0.3) is 0 Å². The van der Waals surface area contributed by atoms with Gasteiger partial charge in [-0.25, -0.2) is 4.98 Å². The Morgan fingerprint density at radius 3 is 2.93 bits per heavy atom. The number of aromatic amines is 1. The van der Waals surface area contributed by atoms with Crippen LogP contribution < -0.4 is 4.90 Å². The first-order valence-corrected chi connectivity index (χ1v) is 9.27. The van der Waals surface area contributed by atoms with Crippen molar-refractivity contribution in [3.05, 3.63) is 30.1 Å². The van der Waals surface area contributed by atoms with Gasteiger partial charge in [0.2, 0.25) is 0 Å². The van der Waals surface area contributed by atoms with Gasteiger partial charge in [-0.3, -0.25) is 9.78 Å². The fourth-order valence-electron chi connectivity index (χ4n) is 3.80. The lowest BCUT2D eigenvalue weighted by atomic mass is 10.1. The summed E-state index contributed by atoms with van der Waals surface area (Å²) < 4.78 is 13.2. The maximum atomic E-state index is 5.76. The molecule has 9 heteroatoms. The summed E-state index contributed by atoms with van der Waals surface area (Å²) in [5, 5.41) is 15.7. The highest BCUT2D eigenvalue weighted by Gasteiger charge is 2.26. The predicted molar refractivity (Wildman–Crippen MR) is 104 cm³/mol. The number of aryl methyl sites for hydroxylation is 2. The lowest BCUT2D eigenvalue weighted by molar-refractivity contribution is 0.0986. The lowest BCUT2D eigenvalue weighted by Gasteiger charge is -2.34. The van der Waals surface area contributed by atoms with Crippen LogP contribution in [0.4, 0.5) is 5.82 Å². The monoisotopic (exact) mass is 379 g/mol. The third kappa shape index (κ3) is 2.58. The molecule has 0 amide bonds. The van der Waals surface area contributed by atoms with Crippen molar-refractivity contribution in [3.8, 4) is 22.6 Å². The second-order valence-electron chi connectivity index (χ2n) is 7.12. The third-order valence-electron chi connectivity index (χ3n) is 5.21. The van der Waals surface area contributed by atoms with Crippen LogP contribution in [0, 0.1) is 6.92 Å². The molecule has 0 unspecified atom stereocenters. The molecule has 1 N–H and O–H groups in total. The summed E-state index contributed by atoms with van der Waals surface area (Å²) in [7, 11) is 1.93. The van der Waals surface area contributed by atoms with E-state index in [1.807, 2.05) is 30.9 Å². The largest absolute Gasteiger partial charge is 0.377 e.